The summed E-state index contributed by atoms with van der Waals surface area (Å²) in [6.07, 6.45) is -0.739. The van der Waals surface area contributed by atoms with E-state index in [4.69, 9.17) is 4.74 Å². The molecule has 11 heteroatoms. The van der Waals surface area contributed by atoms with Crippen molar-refractivity contribution in [2.24, 2.45) is 0 Å². The van der Waals surface area contributed by atoms with E-state index in [2.05, 4.69) is 31.9 Å². The number of halogens is 1. The molecule has 0 saturated carbocycles. The van der Waals surface area contributed by atoms with Gasteiger partial charge in [0.05, 0.1) is 22.5 Å². The lowest BCUT2D eigenvalue weighted by atomic mass is 10.1. The summed E-state index contributed by atoms with van der Waals surface area (Å²) in [5, 5.41) is 7.53. The molecule has 1 aliphatic rings. The molecule has 2 aromatic carbocycles. The van der Waals surface area contributed by atoms with E-state index in [1.54, 1.807) is 51.1 Å². The van der Waals surface area contributed by atoms with Crippen molar-refractivity contribution in [3.05, 3.63) is 58.1 Å². The Morgan fingerprint density at radius 3 is 2.12 bits per heavy atom. The molecule has 0 spiro atoms. The van der Waals surface area contributed by atoms with Crippen LogP contribution in [-0.2, 0) is 14.3 Å². The number of nitrogens with one attached hydrogen (secondary N) is 3. The number of anilines is 2. The fraction of sp³-hybridized carbons (Fsp3) is 0.261. The van der Waals surface area contributed by atoms with E-state index in [1.165, 1.54) is 12.1 Å². The van der Waals surface area contributed by atoms with E-state index in [0.29, 0.717) is 4.47 Å². The minimum atomic E-state index is -0.739. The molecule has 0 bridgehead atoms. The second-order valence-electron chi connectivity index (χ2n) is 8.38. The van der Waals surface area contributed by atoms with Crippen molar-refractivity contribution in [3.8, 4) is 0 Å². The second-order valence-corrected chi connectivity index (χ2v) is 9.30. The van der Waals surface area contributed by atoms with Crippen molar-refractivity contribution in [1.82, 2.24) is 10.2 Å². The summed E-state index contributed by atoms with van der Waals surface area (Å²) < 4.78 is 5.72. The van der Waals surface area contributed by atoms with Gasteiger partial charge in [0, 0.05) is 4.47 Å². The molecule has 10 nitrogen and oxygen atoms in total. The predicted molar refractivity (Wildman–Crippen MR) is 127 cm³/mol. The van der Waals surface area contributed by atoms with E-state index < -0.39 is 41.9 Å². The van der Waals surface area contributed by atoms with Crippen molar-refractivity contribution >= 4 is 57.0 Å². The van der Waals surface area contributed by atoms with E-state index in [0.717, 1.165) is 4.90 Å². The van der Waals surface area contributed by atoms with Crippen LogP contribution in [0.2, 0.25) is 0 Å². The molecule has 34 heavy (non-hydrogen) atoms. The van der Waals surface area contributed by atoms with E-state index in [1.807, 2.05) is 0 Å². The van der Waals surface area contributed by atoms with E-state index in [9.17, 15) is 24.0 Å². The van der Waals surface area contributed by atoms with Crippen LogP contribution in [-0.4, -0.2) is 53.3 Å². The van der Waals surface area contributed by atoms with Gasteiger partial charge < -0.3 is 20.7 Å². The van der Waals surface area contributed by atoms with Crippen molar-refractivity contribution < 1.29 is 28.7 Å². The lowest BCUT2D eigenvalue weighted by Gasteiger charge is -2.19. The summed E-state index contributed by atoms with van der Waals surface area (Å²) >= 11 is 3.26. The average Bonchev–Trinajstić information content (AvgIpc) is 2.96. The molecular formula is C23H23BrN4O6. The van der Waals surface area contributed by atoms with Crippen LogP contribution in [0.3, 0.4) is 0 Å². The number of benzene rings is 2. The summed E-state index contributed by atoms with van der Waals surface area (Å²) in [5.74, 6) is -2.29. The van der Waals surface area contributed by atoms with Gasteiger partial charge >= 0.3 is 6.09 Å². The summed E-state index contributed by atoms with van der Waals surface area (Å²) in [4.78, 5) is 62.5. The Kier molecular flexibility index (Phi) is 7.35. The summed E-state index contributed by atoms with van der Waals surface area (Å²) in [6, 6.07) is 11.1. The zero-order valence-corrected chi connectivity index (χ0v) is 20.3. The normalized spacial score (nSPS) is 12.8. The maximum Gasteiger partial charge on any atom is 0.408 e. The van der Waals surface area contributed by atoms with E-state index in [-0.39, 0.29) is 29.0 Å². The van der Waals surface area contributed by atoms with Crippen LogP contribution in [0, 0.1) is 0 Å². The first kappa shape index (κ1) is 24.9. The molecule has 0 atom stereocenters. The quantitative estimate of drug-likeness (QED) is 0.491. The first-order chi connectivity index (χ1) is 15.9. The number of imide groups is 1. The third kappa shape index (κ3) is 6.19. The van der Waals surface area contributed by atoms with Crippen LogP contribution in [0.1, 0.15) is 41.5 Å². The van der Waals surface area contributed by atoms with Crippen LogP contribution < -0.4 is 16.0 Å². The average molecular weight is 531 g/mol. The van der Waals surface area contributed by atoms with Crippen LogP contribution in [0.5, 0.6) is 0 Å². The van der Waals surface area contributed by atoms with Gasteiger partial charge in [-0.15, -0.1) is 0 Å². The highest BCUT2D eigenvalue weighted by Gasteiger charge is 2.36. The Labute approximate surface area is 204 Å². The number of hydrogen-bond donors (Lipinski definition) is 3. The fourth-order valence-electron chi connectivity index (χ4n) is 3.10. The second kappa shape index (κ2) is 10.0. The van der Waals surface area contributed by atoms with Gasteiger partial charge in [-0.3, -0.25) is 24.1 Å². The zero-order valence-electron chi connectivity index (χ0n) is 18.7. The Balaban J connectivity index is 1.60. The van der Waals surface area contributed by atoms with Gasteiger partial charge in [-0.1, -0.05) is 28.1 Å². The maximum atomic E-state index is 12.6. The number of amides is 5. The molecule has 178 valence electrons. The first-order valence-electron chi connectivity index (χ1n) is 10.3. The fourth-order valence-corrected chi connectivity index (χ4v) is 3.46. The molecule has 1 aliphatic heterocycles. The molecule has 0 unspecified atom stereocenters. The molecular weight excluding hydrogens is 508 g/mol. The predicted octanol–water partition coefficient (Wildman–Crippen LogP) is 3.15. The summed E-state index contributed by atoms with van der Waals surface area (Å²) in [5.41, 5.74) is 0.284. The highest BCUT2D eigenvalue weighted by Crippen LogP contribution is 2.26. The smallest absolute Gasteiger partial charge is 0.408 e. The third-order valence-corrected chi connectivity index (χ3v) is 5.00. The minimum Gasteiger partial charge on any atom is -0.444 e. The Morgan fingerprint density at radius 2 is 1.50 bits per heavy atom. The molecule has 0 aliphatic carbocycles. The van der Waals surface area contributed by atoms with Crippen molar-refractivity contribution in [1.29, 1.82) is 0 Å². The number of ether oxygens (including phenoxy) is 1. The van der Waals surface area contributed by atoms with Gasteiger partial charge in [-0.25, -0.2) is 4.79 Å². The van der Waals surface area contributed by atoms with Gasteiger partial charge in [0.1, 0.15) is 18.7 Å². The maximum absolute atomic E-state index is 12.6. The largest absolute Gasteiger partial charge is 0.444 e. The summed E-state index contributed by atoms with van der Waals surface area (Å²) in [6.45, 7) is 4.26. The molecule has 3 rings (SSSR count). The molecule has 5 amide bonds. The minimum absolute atomic E-state index is 0.220. The Hall–Kier alpha value is -3.73. The van der Waals surface area contributed by atoms with Gasteiger partial charge in [0.2, 0.25) is 11.8 Å². The third-order valence-electron chi connectivity index (χ3n) is 4.50. The standard InChI is InChI=1S/C23H23BrN4O6/c1-23(2,3)34-22(33)25-11-18(29)26-16-6-4-5-7-17(16)27-19(30)12-28-20(31)14-9-8-13(24)10-15(14)21(28)32/h4-10H,11-12H2,1-3H3,(H,25,33)(H,26,29)(H,27,30). The van der Waals surface area contributed by atoms with Gasteiger partial charge in [0.15, 0.2) is 0 Å². The van der Waals surface area contributed by atoms with Crippen LogP contribution in [0.4, 0.5) is 16.2 Å². The lowest BCUT2D eigenvalue weighted by Crippen LogP contribution is -2.38. The molecule has 0 radical (unpaired) electrons. The van der Waals surface area contributed by atoms with Crippen molar-refractivity contribution in [2.45, 2.75) is 26.4 Å². The number of rotatable bonds is 6. The molecule has 0 fully saturated rings. The summed E-state index contributed by atoms with van der Waals surface area (Å²) in [7, 11) is 0. The highest BCUT2D eigenvalue weighted by atomic mass is 79.9. The number of para-hydroxylation sites is 2. The number of hydrogen-bond acceptors (Lipinski definition) is 6. The molecule has 0 saturated heterocycles. The number of alkyl carbamates (subject to hydrolysis) is 1. The van der Waals surface area contributed by atoms with Crippen LogP contribution in [0.25, 0.3) is 0 Å². The topological polar surface area (TPSA) is 134 Å². The van der Waals surface area contributed by atoms with E-state index >= 15 is 0 Å². The monoisotopic (exact) mass is 530 g/mol. The molecule has 1 heterocycles. The Bertz CT molecular complexity index is 1170. The van der Waals surface area contributed by atoms with Crippen molar-refractivity contribution in [3.63, 3.8) is 0 Å². The zero-order chi connectivity index (χ0) is 25.0. The van der Waals surface area contributed by atoms with Gasteiger partial charge in [-0.05, 0) is 51.1 Å². The number of carbonyl (C=O) groups excluding carboxylic acids is 5. The number of carbonyl (C=O) groups is 5. The van der Waals surface area contributed by atoms with Crippen LogP contribution in [0.15, 0.2) is 46.9 Å². The number of nitrogens with zero attached hydrogens (tertiary/aromatic N) is 1. The molecule has 3 N–H and O–H groups in total. The van der Waals surface area contributed by atoms with Crippen LogP contribution >= 0.6 is 15.9 Å². The lowest BCUT2D eigenvalue weighted by molar-refractivity contribution is -0.117. The van der Waals surface area contributed by atoms with Crippen molar-refractivity contribution in [2.75, 3.05) is 23.7 Å². The SMILES string of the molecule is CC(C)(C)OC(=O)NCC(=O)Nc1ccccc1NC(=O)CN1C(=O)c2ccc(Br)cc2C1=O. The molecule has 2 aromatic rings. The van der Waals surface area contributed by atoms with Gasteiger partial charge in [-0.2, -0.15) is 0 Å². The first-order valence-corrected chi connectivity index (χ1v) is 11.1. The Morgan fingerprint density at radius 1 is 0.912 bits per heavy atom. The molecule has 0 aromatic heterocycles. The number of fused-ring (bicyclic) bond motifs is 1. The van der Waals surface area contributed by atoms with Gasteiger partial charge in [0.25, 0.3) is 11.8 Å². The highest BCUT2D eigenvalue weighted by molar-refractivity contribution is 9.10.